The Bertz CT molecular complexity index is 335. The lowest BCUT2D eigenvalue weighted by molar-refractivity contribution is -0.00123. The van der Waals surface area contributed by atoms with Crippen molar-refractivity contribution in [2.24, 2.45) is 5.73 Å². The molecule has 0 unspecified atom stereocenters. The summed E-state index contributed by atoms with van der Waals surface area (Å²) in [4.78, 5) is 14.3. The molecule has 116 valence electrons. The van der Waals surface area contributed by atoms with Crippen LogP contribution in [0.1, 0.15) is 52.9 Å². The number of ether oxygens (including phenoxy) is 2. The van der Waals surface area contributed by atoms with Crippen molar-refractivity contribution in [2.45, 2.75) is 76.7 Å². The molecule has 5 nitrogen and oxygen atoms in total. The largest absolute Gasteiger partial charge is 0.444 e. The second kappa shape index (κ2) is 6.31. The summed E-state index contributed by atoms with van der Waals surface area (Å²) in [5, 5.41) is 0. The lowest BCUT2D eigenvalue weighted by Crippen LogP contribution is -2.51. The molecule has 1 amide bonds. The van der Waals surface area contributed by atoms with Crippen LogP contribution in [0.5, 0.6) is 0 Å². The molecule has 0 spiro atoms. The Balaban J connectivity index is 2.04. The quantitative estimate of drug-likeness (QED) is 0.863. The van der Waals surface area contributed by atoms with Gasteiger partial charge in [-0.2, -0.15) is 0 Å². The topological polar surface area (TPSA) is 64.8 Å². The van der Waals surface area contributed by atoms with Gasteiger partial charge in [0.05, 0.1) is 18.7 Å². The zero-order chi connectivity index (χ0) is 14.8. The van der Waals surface area contributed by atoms with Gasteiger partial charge in [0.1, 0.15) is 5.60 Å². The molecule has 0 aromatic carbocycles. The van der Waals surface area contributed by atoms with Gasteiger partial charge in [-0.1, -0.05) is 0 Å². The highest BCUT2D eigenvalue weighted by Crippen LogP contribution is 2.26. The molecule has 1 heterocycles. The predicted molar refractivity (Wildman–Crippen MR) is 77.5 cm³/mol. The van der Waals surface area contributed by atoms with Crippen LogP contribution < -0.4 is 5.73 Å². The molecular weight excluding hydrogens is 256 g/mol. The van der Waals surface area contributed by atoms with E-state index in [0.717, 1.165) is 38.7 Å². The molecule has 0 bridgehead atoms. The van der Waals surface area contributed by atoms with Crippen molar-refractivity contribution < 1.29 is 14.3 Å². The fraction of sp³-hybridized carbons (Fsp3) is 0.933. The second-order valence-corrected chi connectivity index (χ2v) is 6.93. The molecule has 20 heavy (non-hydrogen) atoms. The molecule has 2 rings (SSSR count). The van der Waals surface area contributed by atoms with Gasteiger partial charge in [-0.25, -0.2) is 4.79 Å². The molecule has 2 aliphatic rings. The van der Waals surface area contributed by atoms with Crippen LogP contribution in [0.15, 0.2) is 0 Å². The summed E-state index contributed by atoms with van der Waals surface area (Å²) in [6.07, 6.45) is 5.00. The molecule has 2 fully saturated rings. The first kappa shape index (κ1) is 15.6. The monoisotopic (exact) mass is 284 g/mol. The van der Waals surface area contributed by atoms with Crippen LogP contribution in [0.3, 0.4) is 0 Å². The van der Waals surface area contributed by atoms with E-state index in [0.29, 0.717) is 6.54 Å². The molecule has 1 aliphatic carbocycles. The van der Waals surface area contributed by atoms with Gasteiger partial charge < -0.3 is 20.1 Å². The van der Waals surface area contributed by atoms with Crippen molar-refractivity contribution in [1.29, 1.82) is 0 Å². The van der Waals surface area contributed by atoms with Crippen molar-refractivity contribution in [3.63, 3.8) is 0 Å². The van der Waals surface area contributed by atoms with Crippen LogP contribution in [-0.4, -0.2) is 47.9 Å². The number of amides is 1. The summed E-state index contributed by atoms with van der Waals surface area (Å²) < 4.78 is 11.2. The highest BCUT2D eigenvalue weighted by atomic mass is 16.6. The van der Waals surface area contributed by atoms with Crippen molar-refractivity contribution in [3.8, 4) is 0 Å². The highest BCUT2D eigenvalue weighted by Gasteiger charge is 2.36. The molecule has 5 heteroatoms. The van der Waals surface area contributed by atoms with E-state index < -0.39 is 5.60 Å². The van der Waals surface area contributed by atoms with Gasteiger partial charge in [-0.05, 0) is 52.9 Å². The van der Waals surface area contributed by atoms with Gasteiger partial charge in [0.2, 0.25) is 0 Å². The van der Waals surface area contributed by atoms with Crippen molar-refractivity contribution in [1.82, 2.24) is 4.90 Å². The van der Waals surface area contributed by atoms with Crippen LogP contribution in [0.4, 0.5) is 4.79 Å². The number of hydrogen-bond acceptors (Lipinski definition) is 4. The lowest BCUT2D eigenvalue weighted by Gasteiger charge is -2.34. The Kier molecular flexibility index (Phi) is 4.91. The number of carbonyl (C=O) groups is 1. The average molecular weight is 284 g/mol. The van der Waals surface area contributed by atoms with Crippen molar-refractivity contribution in [2.75, 3.05) is 13.2 Å². The third-order valence-electron chi connectivity index (χ3n) is 3.98. The zero-order valence-corrected chi connectivity index (χ0v) is 12.9. The lowest BCUT2D eigenvalue weighted by atomic mass is 10.1. The van der Waals surface area contributed by atoms with Crippen LogP contribution in [0.25, 0.3) is 0 Å². The van der Waals surface area contributed by atoms with Gasteiger partial charge >= 0.3 is 6.09 Å². The van der Waals surface area contributed by atoms with Crippen molar-refractivity contribution >= 4 is 6.09 Å². The number of rotatable bonds is 3. The third-order valence-corrected chi connectivity index (χ3v) is 3.98. The van der Waals surface area contributed by atoms with Crippen molar-refractivity contribution in [3.05, 3.63) is 0 Å². The molecule has 3 atom stereocenters. The molecule has 2 N–H and O–H groups in total. The predicted octanol–water partition coefficient (Wildman–Crippen LogP) is 2.28. The number of carbonyl (C=O) groups excluding carboxylic acids is 1. The Hall–Kier alpha value is -0.810. The number of nitrogens with two attached hydrogens (primary N) is 1. The molecular formula is C15H28N2O3. The minimum absolute atomic E-state index is 0.0592. The van der Waals surface area contributed by atoms with Crippen LogP contribution in [0.2, 0.25) is 0 Å². The average Bonchev–Trinajstić information content (AvgIpc) is 2.94. The summed E-state index contributed by atoms with van der Waals surface area (Å²) in [7, 11) is 0. The third kappa shape index (κ3) is 4.09. The van der Waals surface area contributed by atoms with E-state index >= 15 is 0 Å². The Morgan fingerprint density at radius 1 is 1.30 bits per heavy atom. The smallest absolute Gasteiger partial charge is 0.410 e. The summed E-state index contributed by atoms with van der Waals surface area (Å²) in [5.74, 6) is 0. The van der Waals surface area contributed by atoms with Gasteiger partial charge in [-0.3, -0.25) is 0 Å². The van der Waals surface area contributed by atoms with E-state index in [1.54, 1.807) is 0 Å². The maximum Gasteiger partial charge on any atom is 0.410 e. The Morgan fingerprint density at radius 3 is 2.55 bits per heavy atom. The minimum atomic E-state index is -0.478. The molecule has 0 aromatic rings. The van der Waals surface area contributed by atoms with Gasteiger partial charge in [0.15, 0.2) is 0 Å². The Morgan fingerprint density at radius 2 is 2.05 bits per heavy atom. The summed E-state index contributed by atoms with van der Waals surface area (Å²) in [5.41, 5.74) is 5.69. The van der Waals surface area contributed by atoms with E-state index in [4.69, 9.17) is 15.2 Å². The van der Waals surface area contributed by atoms with E-state index in [9.17, 15) is 4.79 Å². The van der Waals surface area contributed by atoms with E-state index in [1.165, 1.54) is 0 Å². The standard InChI is InChI=1S/C15H28N2O3/c1-15(2,3)20-14(18)17(10-11-6-5-9-19-11)13-8-4-7-12(13)16/h11-13H,4-10,16H2,1-3H3/t11-,12+,13+/m0/s1. The van der Waals surface area contributed by atoms with Gasteiger partial charge in [0, 0.05) is 12.6 Å². The van der Waals surface area contributed by atoms with Crippen LogP contribution >= 0.6 is 0 Å². The first-order valence-corrected chi connectivity index (χ1v) is 7.73. The summed E-state index contributed by atoms with van der Waals surface area (Å²) in [6.45, 7) is 7.08. The van der Waals surface area contributed by atoms with E-state index in [-0.39, 0.29) is 24.3 Å². The van der Waals surface area contributed by atoms with Gasteiger partial charge in [0.25, 0.3) is 0 Å². The SMILES string of the molecule is CC(C)(C)OC(=O)N(C[C@@H]1CCCO1)[C@@H]1CCC[C@H]1N. The minimum Gasteiger partial charge on any atom is -0.444 e. The van der Waals surface area contributed by atoms with Gasteiger partial charge in [-0.15, -0.1) is 0 Å². The first-order chi connectivity index (χ1) is 9.37. The summed E-state index contributed by atoms with van der Waals surface area (Å²) in [6, 6.07) is 0.151. The van der Waals surface area contributed by atoms with E-state index in [2.05, 4.69) is 0 Å². The highest BCUT2D eigenvalue weighted by molar-refractivity contribution is 5.68. The maximum absolute atomic E-state index is 12.5. The molecule has 1 saturated heterocycles. The van der Waals surface area contributed by atoms with Crippen LogP contribution in [0, 0.1) is 0 Å². The number of nitrogens with zero attached hydrogens (tertiary/aromatic N) is 1. The fourth-order valence-corrected chi connectivity index (χ4v) is 3.03. The molecule has 1 saturated carbocycles. The second-order valence-electron chi connectivity index (χ2n) is 6.93. The maximum atomic E-state index is 12.5. The number of hydrogen-bond donors (Lipinski definition) is 1. The molecule has 1 aliphatic heterocycles. The zero-order valence-electron chi connectivity index (χ0n) is 12.9. The molecule has 0 aromatic heterocycles. The summed E-state index contributed by atoms with van der Waals surface area (Å²) >= 11 is 0. The van der Waals surface area contributed by atoms with E-state index in [1.807, 2.05) is 25.7 Å². The molecule has 0 radical (unpaired) electrons. The fourth-order valence-electron chi connectivity index (χ4n) is 3.03. The Labute approximate surface area is 121 Å². The first-order valence-electron chi connectivity index (χ1n) is 7.73. The van der Waals surface area contributed by atoms with Crippen LogP contribution in [-0.2, 0) is 9.47 Å². The normalized spacial score (nSPS) is 30.5.